The third-order valence-corrected chi connectivity index (χ3v) is 6.10. The first-order chi connectivity index (χ1) is 15.8. The van der Waals surface area contributed by atoms with Gasteiger partial charge in [0.25, 0.3) is 0 Å². The molecule has 0 amide bonds. The number of rotatable bonds is 10. The number of likely N-dealkylation sites (tertiary alicyclic amines) is 1. The topological polar surface area (TPSA) is 57.6 Å². The van der Waals surface area contributed by atoms with Crippen LogP contribution in [0.25, 0.3) is 0 Å². The van der Waals surface area contributed by atoms with Gasteiger partial charge in [0.2, 0.25) is 0 Å². The first-order valence-electron chi connectivity index (χ1n) is 11.5. The van der Waals surface area contributed by atoms with E-state index in [1.807, 2.05) is 60.7 Å². The highest BCUT2D eigenvalue weighted by Crippen LogP contribution is 2.21. The van der Waals surface area contributed by atoms with Crippen LogP contribution in [0.4, 0.5) is 0 Å². The highest BCUT2D eigenvalue weighted by molar-refractivity contribution is 5.28. The molecule has 0 spiro atoms. The SMILES string of the molecule is OC(CN1CCC(CNCc2cccc(OCc3ccccn3)c2)CC1)c1ccccc1. The van der Waals surface area contributed by atoms with Gasteiger partial charge in [0.1, 0.15) is 12.4 Å². The third-order valence-electron chi connectivity index (χ3n) is 6.10. The van der Waals surface area contributed by atoms with Crippen molar-refractivity contribution in [2.45, 2.75) is 32.1 Å². The van der Waals surface area contributed by atoms with Crippen LogP contribution in [0.15, 0.2) is 79.0 Å². The van der Waals surface area contributed by atoms with E-state index in [0.717, 1.165) is 49.7 Å². The molecule has 1 unspecified atom stereocenters. The number of ether oxygens (including phenoxy) is 1. The Morgan fingerprint density at radius 2 is 1.81 bits per heavy atom. The van der Waals surface area contributed by atoms with Gasteiger partial charge in [-0.05, 0) is 73.8 Å². The standard InChI is InChI=1S/C27H33N3O2/c31-27(24-8-2-1-3-9-24)20-30-15-12-22(13-16-30)18-28-19-23-7-6-11-26(17-23)32-21-25-10-4-5-14-29-25/h1-11,14,17,22,27-28,31H,12-13,15-16,18-21H2. The third kappa shape index (κ3) is 6.89. The van der Waals surface area contributed by atoms with Gasteiger partial charge >= 0.3 is 0 Å². The number of hydrogen-bond donors (Lipinski definition) is 2. The zero-order valence-electron chi connectivity index (χ0n) is 18.6. The van der Waals surface area contributed by atoms with Crippen LogP contribution in [0.5, 0.6) is 5.75 Å². The van der Waals surface area contributed by atoms with Crippen molar-refractivity contribution in [2.75, 3.05) is 26.2 Å². The molecule has 0 saturated carbocycles. The summed E-state index contributed by atoms with van der Waals surface area (Å²) in [7, 11) is 0. The second-order valence-electron chi connectivity index (χ2n) is 8.56. The second kappa shape index (κ2) is 11.8. The number of pyridine rings is 1. The Labute approximate surface area is 191 Å². The fourth-order valence-corrected chi connectivity index (χ4v) is 4.20. The lowest BCUT2D eigenvalue weighted by atomic mass is 9.96. The summed E-state index contributed by atoms with van der Waals surface area (Å²) in [6.07, 6.45) is 3.72. The molecular formula is C27H33N3O2. The largest absolute Gasteiger partial charge is 0.487 e. The molecule has 1 atom stereocenters. The molecule has 1 fully saturated rings. The van der Waals surface area contributed by atoms with Crippen LogP contribution in [-0.2, 0) is 13.2 Å². The summed E-state index contributed by atoms with van der Waals surface area (Å²) >= 11 is 0. The average molecular weight is 432 g/mol. The maximum Gasteiger partial charge on any atom is 0.130 e. The molecule has 168 valence electrons. The van der Waals surface area contributed by atoms with Crippen molar-refractivity contribution in [1.82, 2.24) is 15.2 Å². The van der Waals surface area contributed by atoms with Gasteiger partial charge in [-0.15, -0.1) is 0 Å². The van der Waals surface area contributed by atoms with E-state index in [9.17, 15) is 5.11 Å². The van der Waals surface area contributed by atoms with Crippen molar-refractivity contribution in [3.63, 3.8) is 0 Å². The van der Waals surface area contributed by atoms with E-state index in [1.165, 1.54) is 18.4 Å². The first kappa shape index (κ1) is 22.5. The van der Waals surface area contributed by atoms with Gasteiger partial charge in [-0.3, -0.25) is 4.98 Å². The molecule has 32 heavy (non-hydrogen) atoms. The lowest BCUT2D eigenvalue weighted by Gasteiger charge is -2.33. The zero-order valence-corrected chi connectivity index (χ0v) is 18.6. The minimum absolute atomic E-state index is 0.405. The number of aromatic nitrogens is 1. The van der Waals surface area contributed by atoms with Gasteiger partial charge in [0, 0.05) is 19.3 Å². The molecule has 0 bridgehead atoms. The van der Waals surface area contributed by atoms with Crippen LogP contribution in [-0.4, -0.2) is 41.2 Å². The number of piperidine rings is 1. The lowest BCUT2D eigenvalue weighted by Crippen LogP contribution is -2.39. The Hall–Kier alpha value is -2.73. The number of benzene rings is 2. The quantitative estimate of drug-likeness (QED) is 0.504. The summed E-state index contributed by atoms with van der Waals surface area (Å²) < 4.78 is 5.89. The molecule has 1 aliphatic rings. The Bertz CT molecular complexity index is 928. The van der Waals surface area contributed by atoms with E-state index in [4.69, 9.17) is 4.74 Å². The van der Waals surface area contributed by atoms with Crippen molar-refractivity contribution in [1.29, 1.82) is 0 Å². The molecule has 2 heterocycles. The Balaban J connectivity index is 1.15. The maximum atomic E-state index is 10.5. The van der Waals surface area contributed by atoms with Crippen molar-refractivity contribution < 1.29 is 9.84 Å². The Morgan fingerprint density at radius 1 is 1.00 bits per heavy atom. The smallest absolute Gasteiger partial charge is 0.130 e. The van der Waals surface area contributed by atoms with Gasteiger partial charge in [0.05, 0.1) is 11.8 Å². The van der Waals surface area contributed by atoms with Gasteiger partial charge in [-0.2, -0.15) is 0 Å². The van der Waals surface area contributed by atoms with Crippen LogP contribution >= 0.6 is 0 Å². The predicted octanol–water partition coefficient (Wildman–Crippen LogP) is 4.20. The van der Waals surface area contributed by atoms with E-state index >= 15 is 0 Å². The minimum Gasteiger partial charge on any atom is -0.487 e. The van der Waals surface area contributed by atoms with Gasteiger partial charge in [-0.1, -0.05) is 48.5 Å². The molecule has 2 N–H and O–H groups in total. The van der Waals surface area contributed by atoms with Gasteiger partial charge < -0.3 is 20.1 Å². The fraction of sp³-hybridized carbons (Fsp3) is 0.370. The molecule has 1 saturated heterocycles. The van der Waals surface area contributed by atoms with E-state index in [-0.39, 0.29) is 0 Å². The number of hydrogen-bond acceptors (Lipinski definition) is 5. The molecule has 4 rings (SSSR count). The van der Waals surface area contributed by atoms with Crippen molar-refractivity contribution >= 4 is 0 Å². The molecule has 5 nitrogen and oxygen atoms in total. The number of nitrogens with zero attached hydrogens (tertiary/aromatic N) is 2. The predicted molar refractivity (Wildman–Crippen MR) is 127 cm³/mol. The van der Waals surface area contributed by atoms with E-state index < -0.39 is 6.10 Å². The molecular weight excluding hydrogens is 398 g/mol. The first-order valence-corrected chi connectivity index (χ1v) is 11.5. The Morgan fingerprint density at radius 3 is 2.59 bits per heavy atom. The van der Waals surface area contributed by atoms with Crippen molar-refractivity contribution in [3.05, 3.63) is 95.8 Å². The van der Waals surface area contributed by atoms with Crippen LogP contribution in [0, 0.1) is 5.92 Å². The summed E-state index contributed by atoms with van der Waals surface area (Å²) in [5, 5.41) is 14.1. The number of aliphatic hydroxyl groups is 1. The molecule has 3 aromatic rings. The minimum atomic E-state index is -0.405. The summed E-state index contributed by atoms with van der Waals surface area (Å²) in [4.78, 5) is 6.68. The number of aliphatic hydroxyl groups excluding tert-OH is 1. The second-order valence-corrected chi connectivity index (χ2v) is 8.56. The molecule has 5 heteroatoms. The van der Waals surface area contributed by atoms with E-state index in [1.54, 1.807) is 6.20 Å². The molecule has 1 aromatic heterocycles. The highest BCUT2D eigenvalue weighted by atomic mass is 16.5. The number of β-amino-alcohol motifs (C(OH)–C–C–N with tert-alkyl or cyclic N) is 1. The number of nitrogens with one attached hydrogen (secondary N) is 1. The molecule has 0 aliphatic carbocycles. The average Bonchev–Trinajstić information content (AvgIpc) is 2.85. The van der Waals surface area contributed by atoms with Crippen LogP contribution in [0.3, 0.4) is 0 Å². The van der Waals surface area contributed by atoms with Crippen LogP contribution in [0.1, 0.15) is 35.8 Å². The summed E-state index contributed by atoms with van der Waals surface area (Å²) in [5.41, 5.74) is 3.16. The lowest BCUT2D eigenvalue weighted by molar-refractivity contribution is 0.0891. The zero-order chi connectivity index (χ0) is 22.0. The van der Waals surface area contributed by atoms with Crippen LogP contribution < -0.4 is 10.1 Å². The monoisotopic (exact) mass is 431 g/mol. The highest BCUT2D eigenvalue weighted by Gasteiger charge is 2.21. The fourth-order valence-electron chi connectivity index (χ4n) is 4.20. The Kier molecular flexibility index (Phi) is 8.26. The van der Waals surface area contributed by atoms with Gasteiger partial charge in [-0.25, -0.2) is 0 Å². The summed E-state index contributed by atoms with van der Waals surface area (Å²) in [6.45, 7) is 5.16. The molecule has 2 aromatic carbocycles. The van der Waals surface area contributed by atoms with Gasteiger partial charge in [0.15, 0.2) is 0 Å². The van der Waals surface area contributed by atoms with Crippen molar-refractivity contribution in [3.8, 4) is 5.75 Å². The molecule has 0 radical (unpaired) electrons. The van der Waals surface area contributed by atoms with E-state index in [0.29, 0.717) is 12.5 Å². The maximum absolute atomic E-state index is 10.5. The summed E-state index contributed by atoms with van der Waals surface area (Å²) in [6, 6.07) is 24.1. The molecule has 1 aliphatic heterocycles. The van der Waals surface area contributed by atoms with Crippen LogP contribution in [0.2, 0.25) is 0 Å². The van der Waals surface area contributed by atoms with Crippen molar-refractivity contribution in [2.24, 2.45) is 5.92 Å². The summed E-state index contributed by atoms with van der Waals surface area (Å²) in [5.74, 6) is 1.56. The normalized spacial score (nSPS) is 16.0. The van der Waals surface area contributed by atoms with E-state index in [2.05, 4.69) is 27.3 Å².